The minimum Gasteiger partial charge on any atom is -0.365 e. The van der Waals surface area contributed by atoms with Gasteiger partial charge in [0.1, 0.15) is 11.4 Å². The first-order valence-electron chi connectivity index (χ1n) is 7.35. The number of nitrogens with one attached hydrogen (secondary N) is 1. The summed E-state index contributed by atoms with van der Waals surface area (Å²) in [5.74, 6) is -0.378. The molecular weight excluding hydrogens is 298 g/mol. The summed E-state index contributed by atoms with van der Waals surface area (Å²) in [6, 6.07) is 1.80. The van der Waals surface area contributed by atoms with Gasteiger partial charge in [0.25, 0.3) is 5.91 Å². The van der Waals surface area contributed by atoms with E-state index in [4.69, 9.17) is 11.0 Å². The largest absolute Gasteiger partial charge is 0.365 e. The topological polar surface area (TPSA) is 96.0 Å². The highest BCUT2D eigenvalue weighted by Gasteiger charge is 2.33. The number of nitrogens with two attached hydrogens (primary N) is 1. The SMILES string of the molecule is CC(C)(C)[C@H]1CCc2c(sc(NC(=O)CC#N)c2C(N)=O)C1. The molecule has 0 aromatic carbocycles. The fourth-order valence-corrected chi connectivity index (χ4v) is 4.27. The van der Waals surface area contributed by atoms with E-state index >= 15 is 0 Å². The van der Waals surface area contributed by atoms with Crippen molar-refractivity contribution in [1.82, 2.24) is 0 Å². The standard InChI is InChI=1S/C16H21N3O2S/c1-16(2,3)9-4-5-10-11(8-9)22-15(13(10)14(18)21)19-12(20)6-7-17/h9H,4-6,8H2,1-3H3,(H2,18,21)(H,19,20)/t9-/m0/s1. The van der Waals surface area contributed by atoms with Crippen molar-refractivity contribution < 1.29 is 9.59 Å². The van der Waals surface area contributed by atoms with Gasteiger partial charge in [-0.1, -0.05) is 20.8 Å². The summed E-state index contributed by atoms with van der Waals surface area (Å²) in [6.07, 6.45) is 2.49. The highest BCUT2D eigenvalue weighted by atomic mass is 32.1. The van der Waals surface area contributed by atoms with Crippen molar-refractivity contribution in [3.8, 4) is 6.07 Å². The van der Waals surface area contributed by atoms with Gasteiger partial charge >= 0.3 is 0 Å². The zero-order valence-electron chi connectivity index (χ0n) is 13.2. The van der Waals surface area contributed by atoms with Crippen LogP contribution in [0.15, 0.2) is 0 Å². The Bertz CT molecular complexity index is 650. The minimum atomic E-state index is -0.515. The van der Waals surface area contributed by atoms with Crippen LogP contribution in [-0.2, 0) is 17.6 Å². The fourth-order valence-electron chi connectivity index (χ4n) is 2.92. The summed E-state index contributed by atoms with van der Waals surface area (Å²) >= 11 is 1.42. The molecule has 0 fully saturated rings. The van der Waals surface area contributed by atoms with E-state index in [9.17, 15) is 9.59 Å². The van der Waals surface area contributed by atoms with Crippen LogP contribution in [0, 0.1) is 22.7 Å². The van der Waals surface area contributed by atoms with Crippen molar-refractivity contribution in [3.63, 3.8) is 0 Å². The second kappa shape index (κ2) is 6.09. The number of fused-ring (bicyclic) bond motifs is 1. The summed E-state index contributed by atoms with van der Waals surface area (Å²) in [5, 5.41) is 11.7. The van der Waals surface area contributed by atoms with Crippen LogP contribution in [0.1, 0.15) is 54.4 Å². The third kappa shape index (κ3) is 3.30. The number of carbonyl (C=O) groups excluding carboxylic acids is 2. The van der Waals surface area contributed by atoms with E-state index in [1.165, 1.54) is 11.3 Å². The van der Waals surface area contributed by atoms with Crippen molar-refractivity contribution in [2.45, 2.75) is 46.5 Å². The van der Waals surface area contributed by atoms with Crippen molar-refractivity contribution in [3.05, 3.63) is 16.0 Å². The molecule has 2 rings (SSSR count). The molecule has 1 aliphatic carbocycles. The van der Waals surface area contributed by atoms with Crippen LogP contribution in [0.5, 0.6) is 0 Å². The van der Waals surface area contributed by atoms with Gasteiger partial charge in [-0.3, -0.25) is 9.59 Å². The van der Waals surface area contributed by atoms with E-state index in [2.05, 4.69) is 26.1 Å². The molecule has 118 valence electrons. The third-order valence-electron chi connectivity index (χ3n) is 4.23. The summed E-state index contributed by atoms with van der Waals surface area (Å²) < 4.78 is 0. The predicted molar refractivity (Wildman–Crippen MR) is 86.7 cm³/mol. The molecule has 1 aliphatic rings. The van der Waals surface area contributed by atoms with Gasteiger partial charge in [0, 0.05) is 4.88 Å². The first kappa shape index (κ1) is 16.5. The molecule has 0 unspecified atom stereocenters. The van der Waals surface area contributed by atoms with Gasteiger partial charge in [0.2, 0.25) is 5.91 Å². The number of nitrogens with zero attached hydrogens (tertiary/aromatic N) is 1. The van der Waals surface area contributed by atoms with Crippen molar-refractivity contribution >= 4 is 28.2 Å². The molecule has 0 saturated carbocycles. The molecule has 5 nitrogen and oxygen atoms in total. The van der Waals surface area contributed by atoms with Gasteiger partial charge in [0.05, 0.1) is 11.6 Å². The second-order valence-electron chi connectivity index (χ2n) is 6.76. The average Bonchev–Trinajstić information content (AvgIpc) is 2.74. The first-order valence-corrected chi connectivity index (χ1v) is 8.16. The van der Waals surface area contributed by atoms with Crippen molar-refractivity contribution in [1.29, 1.82) is 5.26 Å². The number of thiophene rings is 1. The van der Waals surface area contributed by atoms with Crippen LogP contribution in [0.4, 0.5) is 5.00 Å². The molecule has 0 spiro atoms. The number of hydrogen-bond donors (Lipinski definition) is 2. The molecule has 1 aromatic rings. The van der Waals surface area contributed by atoms with E-state index in [-0.39, 0.29) is 11.8 Å². The minimum absolute atomic E-state index is 0.207. The predicted octanol–water partition coefficient (Wildman–Crippen LogP) is 2.85. The first-order chi connectivity index (χ1) is 10.2. The summed E-state index contributed by atoms with van der Waals surface area (Å²) in [6.45, 7) is 6.67. The molecule has 0 radical (unpaired) electrons. The molecule has 2 amide bonds. The maximum absolute atomic E-state index is 11.8. The number of primary amides is 1. The highest BCUT2D eigenvalue weighted by Crippen LogP contribution is 2.44. The maximum Gasteiger partial charge on any atom is 0.251 e. The Morgan fingerprint density at radius 3 is 2.68 bits per heavy atom. The molecule has 6 heteroatoms. The van der Waals surface area contributed by atoms with Gasteiger partial charge in [-0.25, -0.2) is 0 Å². The van der Waals surface area contributed by atoms with E-state index in [1.807, 2.05) is 0 Å². The summed E-state index contributed by atoms with van der Waals surface area (Å²) in [4.78, 5) is 24.6. The van der Waals surface area contributed by atoms with Crippen LogP contribution in [0.2, 0.25) is 0 Å². The lowest BCUT2D eigenvalue weighted by atomic mass is 9.72. The molecular formula is C16H21N3O2S. The molecule has 3 N–H and O–H groups in total. The fraction of sp³-hybridized carbons (Fsp3) is 0.562. The van der Waals surface area contributed by atoms with Crippen LogP contribution in [0.25, 0.3) is 0 Å². The lowest BCUT2D eigenvalue weighted by Crippen LogP contribution is -2.27. The van der Waals surface area contributed by atoms with Gasteiger partial charge in [-0.15, -0.1) is 11.3 Å². The Labute approximate surface area is 134 Å². The summed E-state index contributed by atoms with van der Waals surface area (Å²) in [5.41, 5.74) is 7.12. The van der Waals surface area contributed by atoms with Crippen molar-refractivity contribution in [2.24, 2.45) is 17.1 Å². The zero-order chi connectivity index (χ0) is 16.5. The summed E-state index contributed by atoms with van der Waals surface area (Å²) in [7, 11) is 0. The average molecular weight is 319 g/mol. The Balaban J connectivity index is 2.35. The highest BCUT2D eigenvalue weighted by molar-refractivity contribution is 7.17. The van der Waals surface area contributed by atoms with E-state index < -0.39 is 11.8 Å². The number of anilines is 1. The Kier molecular flexibility index (Phi) is 4.57. The molecule has 0 aliphatic heterocycles. The van der Waals surface area contributed by atoms with Gasteiger partial charge in [0.15, 0.2) is 0 Å². The molecule has 1 heterocycles. The Hall–Kier alpha value is -1.87. The van der Waals surface area contributed by atoms with Crippen LogP contribution < -0.4 is 11.1 Å². The van der Waals surface area contributed by atoms with Crippen molar-refractivity contribution in [2.75, 3.05) is 5.32 Å². The Morgan fingerprint density at radius 2 is 2.14 bits per heavy atom. The molecule has 0 bridgehead atoms. The van der Waals surface area contributed by atoms with Crippen LogP contribution in [-0.4, -0.2) is 11.8 Å². The number of nitriles is 1. The van der Waals surface area contributed by atoms with Gasteiger partial charge in [-0.2, -0.15) is 5.26 Å². The quantitative estimate of drug-likeness (QED) is 0.896. The third-order valence-corrected chi connectivity index (χ3v) is 5.40. The van der Waals surface area contributed by atoms with E-state index in [0.717, 1.165) is 29.7 Å². The van der Waals surface area contributed by atoms with Gasteiger partial charge < -0.3 is 11.1 Å². The maximum atomic E-state index is 11.8. The number of carbonyl (C=O) groups is 2. The molecule has 22 heavy (non-hydrogen) atoms. The van der Waals surface area contributed by atoms with Crippen LogP contribution in [0.3, 0.4) is 0 Å². The number of rotatable bonds is 3. The molecule has 1 aromatic heterocycles. The smallest absolute Gasteiger partial charge is 0.251 e. The second-order valence-corrected chi connectivity index (χ2v) is 7.87. The van der Waals surface area contributed by atoms with E-state index in [1.54, 1.807) is 6.07 Å². The lowest BCUT2D eigenvalue weighted by Gasteiger charge is -2.33. The normalized spacial score (nSPS) is 17.5. The van der Waals surface area contributed by atoms with Crippen LogP contribution >= 0.6 is 11.3 Å². The monoisotopic (exact) mass is 319 g/mol. The number of amides is 2. The molecule has 0 saturated heterocycles. The van der Waals surface area contributed by atoms with Gasteiger partial charge in [-0.05, 0) is 36.2 Å². The Morgan fingerprint density at radius 1 is 1.45 bits per heavy atom. The lowest BCUT2D eigenvalue weighted by molar-refractivity contribution is -0.115. The van der Waals surface area contributed by atoms with E-state index in [0.29, 0.717) is 16.5 Å². The molecule has 1 atom stereocenters. The zero-order valence-corrected chi connectivity index (χ0v) is 14.0. The number of hydrogen-bond acceptors (Lipinski definition) is 4.